The van der Waals surface area contributed by atoms with Gasteiger partial charge in [0.25, 0.3) is 0 Å². The summed E-state index contributed by atoms with van der Waals surface area (Å²) in [5, 5.41) is 9.36. The number of aliphatic hydroxyl groups is 1. The molecule has 0 amide bonds. The van der Waals surface area contributed by atoms with E-state index in [9.17, 15) is 0 Å². The standard InChI is InChI=1S/C10H13ClN4O/c1-2-7(3-4-16)15-6-14-8-9(11)12-5-13-10(8)15/h5-7,16H,2-4H2,1H3. The fourth-order valence-corrected chi connectivity index (χ4v) is 1.96. The molecule has 0 spiro atoms. The van der Waals surface area contributed by atoms with Crippen LogP contribution in [0.1, 0.15) is 25.8 Å². The van der Waals surface area contributed by atoms with Crippen molar-refractivity contribution in [1.29, 1.82) is 0 Å². The second-order valence-electron chi connectivity index (χ2n) is 3.56. The fourth-order valence-electron chi connectivity index (χ4n) is 1.78. The van der Waals surface area contributed by atoms with Gasteiger partial charge >= 0.3 is 0 Å². The summed E-state index contributed by atoms with van der Waals surface area (Å²) in [6.07, 6.45) is 4.72. The van der Waals surface area contributed by atoms with E-state index in [1.54, 1.807) is 6.33 Å². The van der Waals surface area contributed by atoms with Gasteiger partial charge in [-0.1, -0.05) is 18.5 Å². The molecular formula is C10H13ClN4O. The molecule has 2 aromatic heterocycles. The van der Waals surface area contributed by atoms with Gasteiger partial charge in [0.05, 0.1) is 6.33 Å². The molecule has 1 unspecified atom stereocenters. The van der Waals surface area contributed by atoms with Crippen molar-refractivity contribution in [3.8, 4) is 0 Å². The number of nitrogens with zero attached hydrogens (tertiary/aromatic N) is 4. The van der Waals surface area contributed by atoms with Crippen molar-refractivity contribution in [2.75, 3.05) is 6.61 Å². The number of hydrogen-bond donors (Lipinski definition) is 1. The van der Waals surface area contributed by atoms with Gasteiger partial charge in [-0.15, -0.1) is 0 Å². The van der Waals surface area contributed by atoms with Gasteiger partial charge in [-0.25, -0.2) is 15.0 Å². The summed E-state index contributed by atoms with van der Waals surface area (Å²) in [5.41, 5.74) is 1.33. The number of fused-ring (bicyclic) bond motifs is 1. The van der Waals surface area contributed by atoms with Crippen molar-refractivity contribution in [1.82, 2.24) is 19.5 Å². The van der Waals surface area contributed by atoms with Gasteiger partial charge in [0.15, 0.2) is 10.8 Å². The second kappa shape index (κ2) is 4.76. The maximum absolute atomic E-state index is 9.00. The fraction of sp³-hybridized carbons (Fsp3) is 0.500. The van der Waals surface area contributed by atoms with E-state index in [0.717, 1.165) is 12.1 Å². The monoisotopic (exact) mass is 240 g/mol. The Balaban J connectivity index is 2.48. The van der Waals surface area contributed by atoms with Crippen LogP contribution in [0.4, 0.5) is 0 Å². The van der Waals surface area contributed by atoms with E-state index in [1.165, 1.54) is 6.33 Å². The minimum Gasteiger partial charge on any atom is -0.396 e. The van der Waals surface area contributed by atoms with Gasteiger partial charge < -0.3 is 9.67 Å². The van der Waals surface area contributed by atoms with Crippen LogP contribution >= 0.6 is 11.6 Å². The molecule has 86 valence electrons. The lowest BCUT2D eigenvalue weighted by Crippen LogP contribution is -2.09. The molecule has 0 aliphatic heterocycles. The van der Waals surface area contributed by atoms with Crippen LogP contribution in [0.15, 0.2) is 12.7 Å². The third-order valence-electron chi connectivity index (χ3n) is 2.64. The molecule has 2 heterocycles. The summed E-state index contributed by atoms with van der Waals surface area (Å²) in [6.45, 7) is 2.21. The molecule has 5 nitrogen and oxygen atoms in total. The topological polar surface area (TPSA) is 63.8 Å². The summed E-state index contributed by atoms with van der Waals surface area (Å²) in [7, 11) is 0. The third-order valence-corrected chi connectivity index (χ3v) is 2.92. The zero-order chi connectivity index (χ0) is 11.5. The molecule has 0 aliphatic carbocycles. The van der Waals surface area contributed by atoms with Crippen LogP contribution in [0.5, 0.6) is 0 Å². The zero-order valence-corrected chi connectivity index (χ0v) is 9.72. The largest absolute Gasteiger partial charge is 0.396 e. The smallest absolute Gasteiger partial charge is 0.165 e. The van der Waals surface area contributed by atoms with Crippen molar-refractivity contribution in [2.24, 2.45) is 0 Å². The number of rotatable bonds is 4. The normalized spacial score (nSPS) is 13.2. The number of halogens is 1. The first-order valence-electron chi connectivity index (χ1n) is 5.21. The van der Waals surface area contributed by atoms with E-state index in [2.05, 4.69) is 21.9 Å². The summed E-state index contributed by atoms with van der Waals surface area (Å²) in [5.74, 6) is 0. The average Bonchev–Trinajstić information content (AvgIpc) is 2.71. The first kappa shape index (κ1) is 11.3. The van der Waals surface area contributed by atoms with Crippen molar-refractivity contribution in [3.05, 3.63) is 17.8 Å². The third kappa shape index (κ3) is 1.88. The van der Waals surface area contributed by atoms with Gasteiger partial charge in [-0.05, 0) is 12.8 Å². The van der Waals surface area contributed by atoms with Crippen LogP contribution in [0.2, 0.25) is 5.15 Å². The Morgan fingerprint density at radius 2 is 2.25 bits per heavy atom. The number of hydrogen-bond acceptors (Lipinski definition) is 4. The Labute approximate surface area is 98.1 Å². The maximum atomic E-state index is 9.00. The van der Waals surface area contributed by atoms with Crippen molar-refractivity contribution < 1.29 is 5.11 Å². The van der Waals surface area contributed by atoms with Crippen LogP contribution in [0, 0.1) is 0 Å². The molecule has 0 radical (unpaired) electrons. The summed E-state index contributed by atoms with van der Waals surface area (Å²) < 4.78 is 1.94. The highest BCUT2D eigenvalue weighted by Gasteiger charge is 2.14. The molecule has 1 N–H and O–H groups in total. The Hall–Kier alpha value is -1.20. The highest BCUT2D eigenvalue weighted by Crippen LogP contribution is 2.23. The predicted molar refractivity (Wildman–Crippen MR) is 61.4 cm³/mol. The summed E-state index contributed by atoms with van der Waals surface area (Å²) >= 11 is 5.92. The molecule has 6 heteroatoms. The number of imidazole rings is 1. The van der Waals surface area contributed by atoms with E-state index < -0.39 is 0 Å². The average molecular weight is 241 g/mol. The van der Waals surface area contributed by atoms with E-state index >= 15 is 0 Å². The highest BCUT2D eigenvalue weighted by atomic mass is 35.5. The minimum absolute atomic E-state index is 0.150. The summed E-state index contributed by atoms with van der Waals surface area (Å²) in [4.78, 5) is 12.3. The molecule has 0 saturated heterocycles. The quantitative estimate of drug-likeness (QED) is 0.828. The SMILES string of the molecule is CCC(CCO)n1cnc2c(Cl)ncnc21. The molecule has 0 fully saturated rings. The molecule has 1 atom stereocenters. The molecule has 0 aliphatic rings. The Bertz CT molecular complexity index is 485. The first-order valence-corrected chi connectivity index (χ1v) is 5.59. The lowest BCUT2D eigenvalue weighted by molar-refractivity contribution is 0.256. The van der Waals surface area contributed by atoms with Crippen LogP contribution in [0.3, 0.4) is 0 Å². The molecule has 2 rings (SSSR count). The van der Waals surface area contributed by atoms with Gasteiger partial charge in [-0.3, -0.25) is 0 Å². The Morgan fingerprint density at radius 1 is 1.44 bits per heavy atom. The van der Waals surface area contributed by atoms with Crippen LogP contribution in [-0.4, -0.2) is 31.2 Å². The lowest BCUT2D eigenvalue weighted by Gasteiger charge is -2.15. The molecule has 0 saturated carbocycles. The van der Waals surface area contributed by atoms with E-state index in [1.807, 2.05) is 4.57 Å². The minimum atomic E-state index is 0.150. The molecule has 0 bridgehead atoms. The lowest BCUT2D eigenvalue weighted by atomic mass is 10.1. The number of aromatic nitrogens is 4. The molecule has 2 aromatic rings. The van der Waals surface area contributed by atoms with Gasteiger partial charge in [-0.2, -0.15) is 0 Å². The number of aliphatic hydroxyl groups excluding tert-OH is 1. The maximum Gasteiger partial charge on any atom is 0.165 e. The van der Waals surface area contributed by atoms with Crippen LogP contribution in [-0.2, 0) is 0 Å². The summed E-state index contributed by atoms with van der Waals surface area (Å²) in [6, 6.07) is 0.195. The van der Waals surface area contributed by atoms with Gasteiger partial charge in [0, 0.05) is 12.6 Å². The Kier molecular flexibility index (Phi) is 3.36. The van der Waals surface area contributed by atoms with Gasteiger partial charge in [0.1, 0.15) is 11.8 Å². The molecule has 16 heavy (non-hydrogen) atoms. The predicted octanol–water partition coefficient (Wildman–Crippen LogP) is 1.81. The zero-order valence-electron chi connectivity index (χ0n) is 8.97. The van der Waals surface area contributed by atoms with E-state index in [0.29, 0.717) is 17.1 Å². The van der Waals surface area contributed by atoms with Gasteiger partial charge in [0.2, 0.25) is 0 Å². The molecular weight excluding hydrogens is 228 g/mol. The van der Waals surface area contributed by atoms with Crippen molar-refractivity contribution in [3.63, 3.8) is 0 Å². The first-order chi connectivity index (χ1) is 7.77. The van der Waals surface area contributed by atoms with Crippen molar-refractivity contribution >= 4 is 22.8 Å². The van der Waals surface area contributed by atoms with E-state index in [4.69, 9.17) is 16.7 Å². The van der Waals surface area contributed by atoms with Crippen molar-refractivity contribution in [2.45, 2.75) is 25.8 Å². The van der Waals surface area contributed by atoms with Crippen LogP contribution in [0.25, 0.3) is 11.2 Å². The second-order valence-corrected chi connectivity index (χ2v) is 3.92. The molecule has 0 aromatic carbocycles. The highest BCUT2D eigenvalue weighted by molar-refractivity contribution is 6.33. The van der Waals surface area contributed by atoms with E-state index in [-0.39, 0.29) is 12.6 Å². The van der Waals surface area contributed by atoms with Crippen LogP contribution < -0.4 is 0 Å². The Morgan fingerprint density at radius 3 is 2.94 bits per heavy atom.